The van der Waals surface area contributed by atoms with Crippen molar-refractivity contribution in [1.82, 2.24) is 4.90 Å². The summed E-state index contributed by atoms with van der Waals surface area (Å²) in [5.74, 6) is 1.28. The van der Waals surface area contributed by atoms with Gasteiger partial charge in [0.05, 0.1) is 0 Å². The SMILES string of the molecule is CCCCCCN1CCC(C(=O)CC)CC1.Oc1ccc2cc1-2. The Morgan fingerprint density at radius 3 is 2.35 bits per heavy atom. The molecule has 1 aliphatic heterocycles. The number of hydrogen-bond donors (Lipinski definition) is 1. The fourth-order valence-corrected chi connectivity index (χ4v) is 3.27. The normalized spacial score (nSPS) is 16.6. The fourth-order valence-electron chi connectivity index (χ4n) is 3.27. The number of hydrogen-bond acceptors (Lipinski definition) is 3. The van der Waals surface area contributed by atoms with Gasteiger partial charge >= 0.3 is 0 Å². The number of nitrogens with zero attached hydrogens (tertiary/aromatic N) is 1. The first-order chi connectivity index (χ1) is 11.2. The predicted octanol–water partition coefficient (Wildman–Crippen LogP) is 4.63. The van der Waals surface area contributed by atoms with Gasteiger partial charge in [-0.25, -0.2) is 0 Å². The van der Waals surface area contributed by atoms with Gasteiger partial charge in [0.25, 0.3) is 0 Å². The number of carbonyl (C=O) groups excluding carboxylic acids is 1. The zero-order chi connectivity index (χ0) is 16.7. The molecule has 2 aliphatic carbocycles. The molecule has 0 bridgehead atoms. The summed E-state index contributed by atoms with van der Waals surface area (Å²) in [6, 6.07) is 5.57. The summed E-state index contributed by atoms with van der Waals surface area (Å²) in [6.07, 6.45) is 8.30. The number of aromatic hydroxyl groups is 1. The molecule has 128 valence electrons. The second kappa shape index (κ2) is 9.07. The molecule has 3 nitrogen and oxygen atoms in total. The second-order valence-corrected chi connectivity index (χ2v) is 6.73. The van der Waals surface area contributed by atoms with Crippen molar-refractivity contribution in [3.8, 4) is 16.9 Å². The third-order valence-corrected chi connectivity index (χ3v) is 4.94. The molecule has 0 spiro atoms. The van der Waals surface area contributed by atoms with E-state index in [1.807, 2.05) is 19.1 Å². The molecule has 0 aromatic heterocycles. The number of ketones is 1. The number of piperidine rings is 1. The van der Waals surface area contributed by atoms with Crippen LogP contribution in [0.25, 0.3) is 11.1 Å². The number of phenolic OH excluding ortho intramolecular Hbond substituents is 1. The quantitative estimate of drug-likeness (QED) is 0.757. The number of benzene rings is 1. The highest BCUT2D eigenvalue weighted by Gasteiger charge is 2.23. The third kappa shape index (κ3) is 5.65. The highest BCUT2D eigenvalue weighted by Crippen LogP contribution is 2.42. The van der Waals surface area contributed by atoms with Crippen LogP contribution in [0.5, 0.6) is 5.75 Å². The van der Waals surface area contributed by atoms with Crippen LogP contribution in [-0.2, 0) is 4.79 Å². The number of unbranched alkanes of at least 4 members (excludes halogenated alkanes) is 3. The second-order valence-electron chi connectivity index (χ2n) is 6.73. The lowest BCUT2D eigenvalue weighted by molar-refractivity contribution is -0.123. The molecule has 1 saturated heterocycles. The van der Waals surface area contributed by atoms with Crippen LogP contribution in [0.15, 0.2) is 18.2 Å². The molecule has 1 N–H and O–H groups in total. The highest BCUT2D eigenvalue weighted by molar-refractivity contribution is 5.86. The van der Waals surface area contributed by atoms with Crippen LogP contribution in [0.2, 0.25) is 0 Å². The van der Waals surface area contributed by atoms with E-state index in [0.29, 0.717) is 17.5 Å². The van der Waals surface area contributed by atoms with Gasteiger partial charge in [-0.2, -0.15) is 0 Å². The maximum absolute atomic E-state index is 11.6. The lowest BCUT2D eigenvalue weighted by Crippen LogP contribution is -2.36. The minimum Gasteiger partial charge on any atom is -0.507 e. The predicted molar refractivity (Wildman–Crippen MR) is 95.7 cm³/mol. The van der Waals surface area contributed by atoms with Gasteiger partial charge in [-0.1, -0.05) is 39.2 Å². The van der Waals surface area contributed by atoms with Crippen LogP contribution < -0.4 is 0 Å². The minimum atomic E-state index is 0.372. The van der Waals surface area contributed by atoms with Gasteiger partial charge in [-0.3, -0.25) is 4.79 Å². The van der Waals surface area contributed by atoms with E-state index in [1.54, 1.807) is 6.07 Å². The van der Waals surface area contributed by atoms with Crippen LogP contribution in [-0.4, -0.2) is 35.4 Å². The van der Waals surface area contributed by atoms with Crippen molar-refractivity contribution in [1.29, 1.82) is 0 Å². The molecular weight excluding hydrogens is 286 g/mol. The Kier molecular flexibility index (Phi) is 7.10. The van der Waals surface area contributed by atoms with Gasteiger partial charge in [-0.15, -0.1) is 0 Å². The monoisotopic (exact) mass is 317 g/mol. The average Bonchev–Trinajstić information content (AvgIpc) is 3.29. The molecule has 3 heteroatoms. The first-order valence-corrected chi connectivity index (χ1v) is 9.24. The molecule has 0 saturated carbocycles. The van der Waals surface area contributed by atoms with E-state index >= 15 is 0 Å². The van der Waals surface area contributed by atoms with Crippen molar-refractivity contribution in [3.63, 3.8) is 0 Å². The zero-order valence-electron chi connectivity index (χ0n) is 14.7. The zero-order valence-corrected chi connectivity index (χ0v) is 14.7. The van der Waals surface area contributed by atoms with Crippen LogP contribution in [0.1, 0.15) is 58.8 Å². The molecule has 3 rings (SSSR count). The first kappa shape index (κ1) is 18.0. The molecule has 1 fully saturated rings. The van der Waals surface area contributed by atoms with Crippen molar-refractivity contribution in [2.24, 2.45) is 5.92 Å². The van der Waals surface area contributed by atoms with Gasteiger partial charge < -0.3 is 10.0 Å². The number of Topliss-reactive ketones (excluding diaryl/α,β-unsaturated/α-hetero) is 1. The summed E-state index contributed by atoms with van der Waals surface area (Å²) < 4.78 is 0. The van der Waals surface area contributed by atoms with Crippen molar-refractivity contribution < 1.29 is 9.90 Å². The summed E-state index contributed by atoms with van der Waals surface area (Å²) in [4.78, 5) is 14.1. The number of likely N-dealkylation sites (tertiary alicyclic amines) is 1. The lowest BCUT2D eigenvalue weighted by Gasteiger charge is -2.31. The summed E-state index contributed by atoms with van der Waals surface area (Å²) in [5, 5.41) is 8.78. The Balaban J connectivity index is 0.000000223. The van der Waals surface area contributed by atoms with E-state index in [0.717, 1.165) is 37.9 Å². The maximum Gasteiger partial charge on any atom is 0.135 e. The Labute approximate surface area is 140 Å². The molecule has 0 aromatic carbocycles. The smallest absolute Gasteiger partial charge is 0.135 e. The van der Waals surface area contributed by atoms with E-state index in [4.69, 9.17) is 5.11 Å². The summed E-state index contributed by atoms with van der Waals surface area (Å²) in [7, 11) is 0. The van der Waals surface area contributed by atoms with Crippen molar-refractivity contribution in [2.75, 3.05) is 19.6 Å². The Bertz CT molecular complexity index is 504. The standard InChI is InChI=1S/C14H27NO.C6H4O/c1-3-5-6-7-10-15-11-8-13(9-12-15)14(16)4-2;7-6-2-1-4-3-5(4)6/h13H,3-12H2,1-2H3;1-3,7H. The summed E-state index contributed by atoms with van der Waals surface area (Å²) >= 11 is 0. The molecule has 3 aliphatic rings. The fraction of sp³-hybridized carbons (Fsp3) is 0.650. The molecule has 0 amide bonds. The van der Waals surface area contributed by atoms with Crippen LogP contribution >= 0.6 is 0 Å². The van der Waals surface area contributed by atoms with Crippen LogP contribution in [0.3, 0.4) is 0 Å². The van der Waals surface area contributed by atoms with Gasteiger partial charge in [-0.05, 0) is 56.6 Å². The van der Waals surface area contributed by atoms with E-state index in [9.17, 15) is 4.79 Å². The van der Waals surface area contributed by atoms with E-state index in [-0.39, 0.29) is 0 Å². The molecule has 0 unspecified atom stereocenters. The average molecular weight is 317 g/mol. The van der Waals surface area contributed by atoms with Gasteiger partial charge in [0.15, 0.2) is 0 Å². The number of rotatable bonds is 7. The van der Waals surface area contributed by atoms with Gasteiger partial charge in [0, 0.05) is 17.9 Å². The van der Waals surface area contributed by atoms with Crippen LogP contribution in [0.4, 0.5) is 0 Å². The Morgan fingerprint density at radius 1 is 1.17 bits per heavy atom. The van der Waals surface area contributed by atoms with Gasteiger partial charge in [0.2, 0.25) is 0 Å². The summed E-state index contributed by atoms with van der Waals surface area (Å²) in [6.45, 7) is 7.76. The van der Waals surface area contributed by atoms with Gasteiger partial charge in [0.1, 0.15) is 11.5 Å². The Hall–Kier alpha value is -1.35. The molecule has 1 heterocycles. The van der Waals surface area contributed by atoms with E-state index < -0.39 is 0 Å². The lowest BCUT2D eigenvalue weighted by atomic mass is 9.91. The number of fused-ring (bicyclic) bond motifs is 1. The first-order valence-electron chi connectivity index (χ1n) is 9.24. The molecule has 0 radical (unpaired) electrons. The maximum atomic E-state index is 11.6. The summed E-state index contributed by atoms with van der Waals surface area (Å²) in [5.41, 5.74) is 2.22. The van der Waals surface area contributed by atoms with Crippen molar-refractivity contribution >= 4 is 5.78 Å². The molecule has 23 heavy (non-hydrogen) atoms. The van der Waals surface area contributed by atoms with Crippen molar-refractivity contribution in [3.05, 3.63) is 18.2 Å². The third-order valence-electron chi connectivity index (χ3n) is 4.94. The highest BCUT2D eigenvalue weighted by atomic mass is 16.3. The van der Waals surface area contributed by atoms with Crippen molar-refractivity contribution in [2.45, 2.75) is 58.8 Å². The van der Waals surface area contributed by atoms with Crippen LogP contribution in [0, 0.1) is 5.92 Å². The number of carbonyl (C=O) groups is 1. The molecule has 0 aromatic rings. The topological polar surface area (TPSA) is 40.5 Å². The number of phenols is 1. The Morgan fingerprint density at radius 2 is 1.91 bits per heavy atom. The van der Waals surface area contributed by atoms with E-state index in [2.05, 4.69) is 11.8 Å². The minimum absolute atomic E-state index is 0.372. The molecule has 0 atom stereocenters. The largest absolute Gasteiger partial charge is 0.507 e. The molecular formula is C20H31NO2. The van der Waals surface area contributed by atoms with E-state index in [1.165, 1.54) is 37.8 Å².